The van der Waals surface area contributed by atoms with Gasteiger partial charge in [0.15, 0.2) is 5.11 Å². The van der Waals surface area contributed by atoms with Crippen LogP contribution in [0.3, 0.4) is 0 Å². The van der Waals surface area contributed by atoms with Gasteiger partial charge >= 0.3 is 6.36 Å². The van der Waals surface area contributed by atoms with Crippen LogP contribution < -0.4 is 15.5 Å². The molecule has 0 spiro atoms. The molecule has 0 radical (unpaired) electrons. The lowest BCUT2D eigenvalue weighted by atomic mass is 10.0. The standard InChI is InChI=1S/C30H26F3N5OS/c1-4-20-7-5-6-18(2)26(20)35-29(40)36-34-17-19-8-14-24-22(16-19)11-15-25-27(24)37-38(3)28(25)21-9-12-23(13-10-21)39-30(31,32)33/h5-17H,4H2,1-3H3,(H2,35,36,40)/b34-17+. The van der Waals surface area contributed by atoms with Crippen LogP contribution in [0.1, 0.15) is 23.6 Å². The number of halogens is 3. The zero-order valence-electron chi connectivity index (χ0n) is 22.0. The zero-order chi connectivity index (χ0) is 28.4. The molecule has 0 saturated carbocycles. The summed E-state index contributed by atoms with van der Waals surface area (Å²) in [6, 6.07) is 21.8. The Balaban J connectivity index is 1.35. The van der Waals surface area contributed by atoms with Crippen molar-refractivity contribution in [2.75, 3.05) is 5.32 Å². The Hall–Kier alpha value is -4.44. The summed E-state index contributed by atoms with van der Waals surface area (Å²) in [5, 5.41) is 15.5. The van der Waals surface area contributed by atoms with E-state index in [1.165, 1.54) is 17.7 Å². The number of anilines is 1. The Labute approximate surface area is 234 Å². The molecule has 5 aromatic rings. The molecule has 0 saturated heterocycles. The Morgan fingerprint density at radius 2 is 1.80 bits per heavy atom. The third-order valence-electron chi connectivity index (χ3n) is 6.56. The van der Waals surface area contributed by atoms with Gasteiger partial charge in [0.25, 0.3) is 0 Å². The minimum atomic E-state index is -4.73. The van der Waals surface area contributed by atoms with Crippen molar-refractivity contribution >= 4 is 50.9 Å². The summed E-state index contributed by atoms with van der Waals surface area (Å²) >= 11 is 5.43. The number of nitrogens with zero attached hydrogens (tertiary/aromatic N) is 3. The van der Waals surface area contributed by atoms with Gasteiger partial charge in [-0.2, -0.15) is 10.2 Å². The predicted octanol–water partition coefficient (Wildman–Crippen LogP) is 7.48. The van der Waals surface area contributed by atoms with Crippen molar-refractivity contribution in [2.24, 2.45) is 12.1 Å². The fourth-order valence-corrected chi connectivity index (χ4v) is 4.91. The van der Waals surface area contributed by atoms with Gasteiger partial charge in [-0.3, -0.25) is 10.1 Å². The second-order valence-electron chi connectivity index (χ2n) is 9.27. The van der Waals surface area contributed by atoms with Gasteiger partial charge in [0, 0.05) is 29.1 Å². The number of hydrogen-bond donors (Lipinski definition) is 2. The first-order valence-electron chi connectivity index (χ1n) is 12.6. The van der Waals surface area contributed by atoms with Crippen LogP contribution in [0.15, 0.2) is 77.9 Å². The molecule has 0 aliphatic rings. The summed E-state index contributed by atoms with van der Waals surface area (Å²) < 4.78 is 43.3. The number of aromatic nitrogens is 2. The number of thiocarbonyl (C=S) groups is 1. The van der Waals surface area contributed by atoms with Crippen molar-refractivity contribution in [3.63, 3.8) is 0 Å². The summed E-state index contributed by atoms with van der Waals surface area (Å²) in [6.07, 6.45) is -2.14. The zero-order valence-corrected chi connectivity index (χ0v) is 22.8. The highest BCUT2D eigenvalue weighted by Crippen LogP contribution is 2.34. The van der Waals surface area contributed by atoms with Crippen molar-refractivity contribution in [3.8, 4) is 17.0 Å². The molecule has 6 nitrogen and oxygen atoms in total. The fraction of sp³-hybridized carbons (Fsp3) is 0.167. The highest BCUT2D eigenvalue weighted by Gasteiger charge is 2.31. The van der Waals surface area contributed by atoms with E-state index in [-0.39, 0.29) is 5.75 Å². The smallest absolute Gasteiger partial charge is 0.406 e. The number of hydrazone groups is 1. The van der Waals surface area contributed by atoms with Crippen LogP contribution in [-0.4, -0.2) is 27.5 Å². The largest absolute Gasteiger partial charge is 0.573 e. The second-order valence-corrected chi connectivity index (χ2v) is 9.68. The Kier molecular flexibility index (Phi) is 7.44. The molecular formula is C30H26F3N5OS. The minimum Gasteiger partial charge on any atom is -0.406 e. The minimum absolute atomic E-state index is 0.269. The normalized spacial score (nSPS) is 11.8. The van der Waals surface area contributed by atoms with E-state index in [0.29, 0.717) is 5.11 Å². The molecular weight excluding hydrogens is 535 g/mol. The number of rotatable bonds is 6. The highest BCUT2D eigenvalue weighted by molar-refractivity contribution is 7.80. The molecule has 10 heteroatoms. The maximum atomic E-state index is 12.5. The molecule has 5 rings (SSSR count). The molecule has 0 aliphatic carbocycles. The molecule has 204 valence electrons. The molecule has 1 aromatic heterocycles. The SMILES string of the molecule is CCc1cccc(C)c1NC(=S)N/N=C/c1ccc2c(ccc3c(-c4ccc(OC(F)(F)F)cc4)n(C)nc32)c1. The van der Waals surface area contributed by atoms with E-state index in [4.69, 9.17) is 17.3 Å². The maximum absolute atomic E-state index is 12.5. The lowest BCUT2D eigenvalue weighted by Gasteiger charge is -2.14. The molecule has 40 heavy (non-hydrogen) atoms. The number of ether oxygens (including phenoxy) is 1. The highest BCUT2D eigenvalue weighted by atomic mass is 32.1. The van der Waals surface area contributed by atoms with E-state index in [0.717, 1.165) is 56.2 Å². The van der Waals surface area contributed by atoms with Crippen LogP contribution in [0.5, 0.6) is 5.75 Å². The van der Waals surface area contributed by atoms with Gasteiger partial charge in [-0.05, 0) is 84.0 Å². The Morgan fingerprint density at radius 3 is 2.52 bits per heavy atom. The lowest BCUT2D eigenvalue weighted by molar-refractivity contribution is -0.274. The van der Waals surface area contributed by atoms with Crippen LogP contribution in [-0.2, 0) is 13.5 Å². The number of para-hydroxylation sites is 1. The van der Waals surface area contributed by atoms with Crippen LogP contribution in [0, 0.1) is 6.92 Å². The average Bonchev–Trinajstić information content (AvgIpc) is 3.25. The summed E-state index contributed by atoms with van der Waals surface area (Å²) in [5.74, 6) is -0.269. The third-order valence-corrected chi connectivity index (χ3v) is 6.76. The van der Waals surface area contributed by atoms with Crippen molar-refractivity contribution in [1.29, 1.82) is 0 Å². The summed E-state index contributed by atoms with van der Waals surface area (Å²) in [5.41, 5.74) is 9.37. The van der Waals surface area contributed by atoms with Gasteiger partial charge < -0.3 is 10.1 Å². The second kappa shape index (κ2) is 11.0. The summed E-state index contributed by atoms with van der Waals surface area (Å²) in [7, 11) is 1.81. The van der Waals surface area contributed by atoms with E-state index < -0.39 is 6.36 Å². The van der Waals surface area contributed by atoms with Gasteiger partial charge in [-0.15, -0.1) is 13.2 Å². The van der Waals surface area contributed by atoms with E-state index >= 15 is 0 Å². The first kappa shape index (κ1) is 27.1. The van der Waals surface area contributed by atoms with E-state index in [1.807, 2.05) is 56.4 Å². The molecule has 0 atom stereocenters. The Morgan fingerprint density at radius 1 is 1.05 bits per heavy atom. The monoisotopic (exact) mass is 561 g/mol. The number of benzene rings is 4. The topological polar surface area (TPSA) is 63.5 Å². The number of aryl methyl sites for hydroxylation is 3. The Bertz CT molecular complexity index is 1740. The van der Waals surface area contributed by atoms with E-state index in [2.05, 4.69) is 33.6 Å². The van der Waals surface area contributed by atoms with Gasteiger partial charge in [-0.25, -0.2) is 0 Å². The molecule has 2 N–H and O–H groups in total. The molecule has 0 fully saturated rings. The fourth-order valence-electron chi connectivity index (χ4n) is 4.75. The van der Waals surface area contributed by atoms with Crippen LogP contribution >= 0.6 is 12.2 Å². The number of hydrogen-bond acceptors (Lipinski definition) is 4. The van der Waals surface area contributed by atoms with Gasteiger partial charge in [-0.1, -0.05) is 43.3 Å². The molecule has 0 aliphatic heterocycles. The number of fused-ring (bicyclic) bond motifs is 3. The first-order valence-corrected chi connectivity index (χ1v) is 13.0. The van der Waals surface area contributed by atoms with Crippen LogP contribution in [0.4, 0.5) is 18.9 Å². The summed E-state index contributed by atoms with van der Waals surface area (Å²) in [6.45, 7) is 4.13. The van der Waals surface area contributed by atoms with Gasteiger partial charge in [0.1, 0.15) is 11.3 Å². The van der Waals surface area contributed by atoms with Crippen LogP contribution in [0.25, 0.3) is 32.9 Å². The quantitative estimate of drug-likeness (QED) is 0.128. The summed E-state index contributed by atoms with van der Waals surface area (Å²) in [4.78, 5) is 0. The first-order chi connectivity index (χ1) is 19.1. The third kappa shape index (κ3) is 5.76. The number of alkyl halides is 3. The van der Waals surface area contributed by atoms with Crippen molar-refractivity contribution in [1.82, 2.24) is 15.2 Å². The maximum Gasteiger partial charge on any atom is 0.573 e. The van der Waals surface area contributed by atoms with E-state index in [9.17, 15) is 13.2 Å². The lowest BCUT2D eigenvalue weighted by Crippen LogP contribution is -2.25. The molecule has 0 amide bonds. The van der Waals surface area contributed by atoms with E-state index in [1.54, 1.807) is 23.0 Å². The van der Waals surface area contributed by atoms with Crippen LogP contribution in [0.2, 0.25) is 0 Å². The number of nitrogens with one attached hydrogen (secondary N) is 2. The molecule has 4 aromatic carbocycles. The molecule has 0 unspecified atom stereocenters. The van der Waals surface area contributed by atoms with Crippen molar-refractivity contribution in [3.05, 3.63) is 89.5 Å². The predicted molar refractivity (Wildman–Crippen MR) is 158 cm³/mol. The van der Waals surface area contributed by atoms with Crippen molar-refractivity contribution in [2.45, 2.75) is 26.6 Å². The average molecular weight is 562 g/mol. The van der Waals surface area contributed by atoms with Gasteiger partial charge in [0.2, 0.25) is 0 Å². The molecule has 0 bridgehead atoms. The van der Waals surface area contributed by atoms with Crippen molar-refractivity contribution < 1.29 is 17.9 Å². The van der Waals surface area contributed by atoms with Gasteiger partial charge in [0.05, 0.1) is 11.9 Å². The molecule has 1 heterocycles.